The third-order valence-corrected chi connectivity index (χ3v) is 3.91. The highest BCUT2D eigenvalue weighted by atomic mass is 16.4. The standard InChI is InChI=1S/C15H15NO4/c17-11-2-1-9-5-10(12(9)6-11)7-16-4-3-14(18)13(8-16)15(19)20/h1-2,5-6,13,17H,3-4,7-8H2,(H,19,20). The Morgan fingerprint density at radius 1 is 1.40 bits per heavy atom. The van der Waals surface area contributed by atoms with Gasteiger partial charge in [0.25, 0.3) is 0 Å². The zero-order valence-corrected chi connectivity index (χ0v) is 10.9. The topological polar surface area (TPSA) is 77.8 Å². The van der Waals surface area contributed by atoms with E-state index < -0.39 is 11.9 Å². The van der Waals surface area contributed by atoms with E-state index in [1.165, 1.54) is 0 Å². The predicted molar refractivity (Wildman–Crippen MR) is 72.4 cm³/mol. The monoisotopic (exact) mass is 273 g/mol. The molecule has 1 saturated heterocycles. The number of carboxylic acids is 1. The van der Waals surface area contributed by atoms with Crippen molar-refractivity contribution < 1.29 is 19.8 Å². The molecule has 0 saturated carbocycles. The number of piperidine rings is 1. The molecular weight excluding hydrogens is 258 g/mol. The summed E-state index contributed by atoms with van der Waals surface area (Å²) in [5.74, 6) is -1.91. The largest absolute Gasteiger partial charge is 0.508 e. The van der Waals surface area contributed by atoms with Gasteiger partial charge in [0.2, 0.25) is 0 Å². The SMILES string of the molecule is O=C(O)C1CN(CC2=c3cc(O)ccc3=C2)CCC1=O. The first-order valence-electron chi connectivity index (χ1n) is 6.56. The number of phenols is 1. The van der Waals surface area contributed by atoms with E-state index in [1.54, 1.807) is 12.1 Å². The molecule has 5 nitrogen and oxygen atoms in total. The first-order chi connectivity index (χ1) is 9.54. The van der Waals surface area contributed by atoms with E-state index in [0.717, 1.165) is 16.0 Å². The first-order valence-corrected chi connectivity index (χ1v) is 6.56. The van der Waals surface area contributed by atoms with Gasteiger partial charge in [-0.05, 0) is 34.2 Å². The average Bonchev–Trinajstić information content (AvgIpc) is 2.40. The Bertz CT molecular complexity index is 707. The van der Waals surface area contributed by atoms with Crippen molar-refractivity contribution in [2.24, 2.45) is 5.92 Å². The molecule has 0 spiro atoms. The molecule has 1 aliphatic carbocycles. The van der Waals surface area contributed by atoms with Crippen molar-refractivity contribution in [3.05, 3.63) is 28.6 Å². The van der Waals surface area contributed by atoms with E-state index in [-0.39, 0.29) is 24.5 Å². The molecule has 20 heavy (non-hydrogen) atoms. The number of Topliss-reactive ketones (excluding diaryl/α,β-unsaturated/α-hetero) is 1. The third kappa shape index (κ3) is 2.20. The number of aliphatic carboxylic acids is 1. The number of carbonyl (C=O) groups is 2. The lowest BCUT2D eigenvalue weighted by Gasteiger charge is -2.30. The van der Waals surface area contributed by atoms with Gasteiger partial charge in [-0.2, -0.15) is 0 Å². The average molecular weight is 273 g/mol. The van der Waals surface area contributed by atoms with Gasteiger partial charge in [0, 0.05) is 26.1 Å². The molecule has 1 aromatic rings. The Morgan fingerprint density at radius 3 is 2.95 bits per heavy atom. The lowest BCUT2D eigenvalue weighted by atomic mass is 9.94. The van der Waals surface area contributed by atoms with Crippen LogP contribution in [0.2, 0.25) is 0 Å². The van der Waals surface area contributed by atoms with Gasteiger partial charge in [0.05, 0.1) is 0 Å². The van der Waals surface area contributed by atoms with Crippen molar-refractivity contribution in [2.45, 2.75) is 6.42 Å². The maximum atomic E-state index is 11.5. The molecule has 1 fully saturated rings. The van der Waals surface area contributed by atoms with Gasteiger partial charge in [0.1, 0.15) is 17.5 Å². The number of ketones is 1. The van der Waals surface area contributed by atoms with Gasteiger partial charge in [-0.25, -0.2) is 0 Å². The molecule has 1 aromatic carbocycles. The smallest absolute Gasteiger partial charge is 0.315 e. The van der Waals surface area contributed by atoms with Crippen LogP contribution in [0.3, 0.4) is 0 Å². The summed E-state index contributed by atoms with van der Waals surface area (Å²) in [4.78, 5) is 24.6. The molecule has 1 atom stereocenters. The number of hydrogen-bond acceptors (Lipinski definition) is 4. The lowest BCUT2D eigenvalue weighted by Crippen LogP contribution is -2.46. The van der Waals surface area contributed by atoms with Gasteiger partial charge in [-0.1, -0.05) is 6.07 Å². The number of aromatic hydroxyl groups is 1. The van der Waals surface area contributed by atoms with Crippen LogP contribution in [0.4, 0.5) is 0 Å². The Labute approximate surface area is 115 Å². The number of rotatable bonds is 3. The number of carbonyl (C=O) groups excluding carboxylic acids is 1. The Morgan fingerprint density at radius 2 is 2.20 bits per heavy atom. The predicted octanol–water partition coefficient (Wildman–Crippen LogP) is -0.687. The molecule has 1 heterocycles. The van der Waals surface area contributed by atoms with Crippen LogP contribution in [0.5, 0.6) is 5.75 Å². The number of hydrogen-bond donors (Lipinski definition) is 2. The lowest BCUT2D eigenvalue weighted by molar-refractivity contribution is -0.148. The van der Waals surface area contributed by atoms with Crippen LogP contribution in [0.1, 0.15) is 6.42 Å². The second-order valence-corrected chi connectivity index (χ2v) is 5.28. The minimum absolute atomic E-state index is 0.186. The minimum atomic E-state index is -1.04. The van der Waals surface area contributed by atoms with Crippen molar-refractivity contribution in [1.29, 1.82) is 0 Å². The van der Waals surface area contributed by atoms with E-state index >= 15 is 0 Å². The molecular formula is C15H15NO4. The molecule has 5 heteroatoms. The minimum Gasteiger partial charge on any atom is -0.508 e. The van der Waals surface area contributed by atoms with E-state index in [1.807, 2.05) is 17.0 Å². The second-order valence-electron chi connectivity index (χ2n) is 5.28. The number of benzene rings is 1. The summed E-state index contributed by atoms with van der Waals surface area (Å²) in [5, 5.41) is 20.6. The van der Waals surface area contributed by atoms with Crippen LogP contribution >= 0.6 is 0 Å². The van der Waals surface area contributed by atoms with E-state index in [0.29, 0.717) is 13.1 Å². The first kappa shape index (κ1) is 12.9. The molecule has 2 N–H and O–H groups in total. The fourth-order valence-corrected chi connectivity index (χ4v) is 2.76. The number of phenolic OH excluding ortho intramolecular Hbond substituents is 1. The molecule has 0 bridgehead atoms. The molecule has 0 amide bonds. The highest BCUT2D eigenvalue weighted by Gasteiger charge is 2.32. The van der Waals surface area contributed by atoms with E-state index in [2.05, 4.69) is 0 Å². The van der Waals surface area contributed by atoms with E-state index in [4.69, 9.17) is 5.11 Å². The van der Waals surface area contributed by atoms with Crippen LogP contribution in [0, 0.1) is 5.92 Å². The summed E-state index contributed by atoms with van der Waals surface area (Å²) in [5.41, 5.74) is 1.08. The molecule has 3 rings (SSSR count). The van der Waals surface area contributed by atoms with E-state index in [9.17, 15) is 14.7 Å². The number of likely N-dealkylation sites (tertiary alicyclic amines) is 1. The van der Waals surface area contributed by atoms with Gasteiger partial charge in [-0.3, -0.25) is 14.5 Å². The van der Waals surface area contributed by atoms with Crippen molar-refractivity contribution in [2.75, 3.05) is 19.6 Å². The number of nitrogens with zero attached hydrogens (tertiary/aromatic N) is 1. The molecule has 0 radical (unpaired) electrons. The highest BCUT2D eigenvalue weighted by molar-refractivity contribution is 5.99. The molecule has 1 unspecified atom stereocenters. The molecule has 2 aliphatic rings. The maximum Gasteiger partial charge on any atom is 0.315 e. The van der Waals surface area contributed by atoms with Crippen molar-refractivity contribution in [3.63, 3.8) is 0 Å². The normalized spacial score (nSPS) is 21.9. The quantitative estimate of drug-likeness (QED) is 0.713. The molecule has 104 valence electrons. The molecule has 0 aromatic heterocycles. The fraction of sp³-hybridized carbons (Fsp3) is 0.333. The van der Waals surface area contributed by atoms with Crippen LogP contribution in [-0.2, 0) is 9.59 Å². The number of fused-ring (bicyclic) bond motifs is 1. The van der Waals surface area contributed by atoms with Gasteiger partial charge < -0.3 is 10.2 Å². The summed E-state index contributed by atoms with van der Waals surface area (Å²) < 4.78 is 0. The van der Waals surface area contributed by atoms with Crippen LogP contribution in [0.15, 0.2) is 18.2 Å². The van der Waals surface area contributed by atoms with Crippen LogP contribution < -0.4 is 10.4 Å². The summed E-state index contributed by atoms with van der Waals surface area (Å²) in [7, 11) is 0. The van der Waals surface area contributed by atoms with Gasteiger partial charge in [0.15, 0.2) is 0 Å². The van der Waals surface area contributed by atoms with Crippen LogP contribution in [-0.4, -0.2) is 46.5 Å². The Balaban J connectivity index is 1.76. The highest BCUT2D eigenvalue weighted by Crippen LogP contribution is 2.16. The van der Waals surface area contributed by atoms with Gasteiger partial charge >= 0.3 is 5.97 Å². The summed E-state index contributed by atoms with van der Waals surface area (Å²) in [6.07, 6.45) is 2.32. The second kappa shape index (κ2) is 4.76. The summed E-state index contributed by atoms with van der Waals surface area (Å²) in [6, 6.07) is 5.22. The van der Waals surface area contributed by atoms with Crippen molar-refractivity contribution in [1.82, 2.24) is 4.90 Å². The Hall–Kier alpha value is -2.14. The summed E-state index contributed by atoms with van der Waals surface area (Å²) >= 11 is 0. The number of carboxylic acid groups (broad SMARTS) is 1. The van der Waals surface area contributed by atoms with Crippen molar-refractivity contribution in [3.8, 4) is 5.75 Å². The zero-order valence-electron chi connectivity index (χ0n) is 10.9. The summed E-state index contributed by atoms with van der Waals surface area (Å²) in [6.45, 7) is 1.47. The molecule has 1 aliphatic heterocycles. The zero-order chi connectivity index (χ0) is 14.3. The third-order valence-electron chi connectivity index (χ3n) is 3.91. The fourth-order valence-electron chi connectivity index (χ4n) is 2.76. The Kier molecular flexibility index (Phi) is 3.06. The maximum absolute atomic E-state index is 11.5. The van der Waals surface area contributed by atoms with Gasteiger partial charge in [-0.15, -0.1) is 0 Å². The van der Waals surface area contributed by atoms with Crippen molar-refractivity contribution >= 4 is 23.4 Å². The van der Waals surface area contributed by atoms with Crippen LogP contribution in [0.25, 0.3) is 11.6 Å².